The van der Waals surface area contributed by atoms with Crippen LogP contribution in [0.5, 0.6) is 5.75 Å². The largest absolute Gasteiger partial charge is 0.497 e. The summed E-state index contributed by atoms with van der Waals surface area (Å²) in [5.41, 5.74) is 0.552. The highest BCUT2D eigenvalue weighted by Crippen LogP contribution is 2.17. The number of urea groups is 1. The van der Waals surface area contributed by atoms with Gasteiger partial charge in [-0.3, -0.25) is 19.8 Å². The number of hydrogen-bond acceptors (Lipinski definition) is 4. The molecule has 2 rings (SSSR count). The Labute approximate surface area is 109 Å². The van der Waals surface area contributed by atoms with E-state index in [1.807, 2.05) is 0 Å². The Balaban J connectivity index is 2.38. The van der Waals surface area contributed by atoms with Crippen LogP contribution in [0.25, 0.3) is 6.08 Å². The van der Waals surface area contributed by atoms with Gasteiger partial charge in [0, 0.05) is 7.05 Å². The van der Waals surface area contributed by atoms with Crippen LogP contribution in [-0.4, -0.2) is 36.9 Å². The lowest BCUT2D eigenvalue weighted by atomic mass is 10.1. The predicted molar refractivity (Wildman–Crippen MR) is 67.3 cm³/mol. The first kappa shape index (κ1) is 12.8. The van der Waals surface area contributed by atoms with Crippen LogP contribution in [0, 0.1) is 0 Å². The van der Waals surface area contributed by atoms with Gasteiger partial charge in [0.1, 0.15) is 11.3 Å². The van der Waals surface area contributed by atoms with Gasteiger partial charge < -0.3 is 4.74 Å². The van der Waals surface area contributed by atoms with Crippen molar-refractivity contribution in [2.24, 2.45) is 0 Å². The molecule has 0 aromatic heterocycles. The number of likely N-dealkylation sites (N-methyl/N-ethyl adjacent to an activating group) is 1. The number of barbiturate groups is 1. The van der Waals surface area contributed by atoms with Gasteiger partial charge in [-0.05, 0) is 23.8 Å². The molecule has 0 aliphatic carbocycles. The molecule has 4 amide bonds. The van der Waals surface area contributed by atoms with Gasteiger partial charge in [-0.25, -0.2) is 4.79 Å². The zero-order valence-electron chi connectivity index (χ0n) is 10.5. The van der Waals surface area contributed by atoms with Crippen molar-refractivity contribution in [3.8, 4) is 5.75 Å². The Bertz CT molecular complexity index is 592. The van der Waals surface area contributed by atoms with Gasteiger partial charge in [-0.2, -0.15) is 0 Å². The molecule has 0 unspecified atom stereocenters. The SMILES string of the molecule is COc1cccc(C=C2C(=O)NC(=O)N(C)C2=O)c1. The number of carbonyl (C=O) groups is 3. The van der Waals surface area contributed by atoms with Gasteiger partial charge in [-0.15, -0.1) is 0 Å². The number of amides is 4. The fraction of sp³-hybridized carbons (Fsp3) is 0.154. The highest BCUT2D eigenvalue weighted by molar-refractivity contribution is 6.30. The van der Waals surface area contributed by atoms with Crippen LogP contribution in [0.4, 0.5) is 4.79 Å². The third-order valence-corrected chi connectivity index (χ3v) is 2.71. The highest BCUT2D eigenvalue weighted by atomic mass is 16.5. The monoisotopic (exact) mass is 260 g/mol. The number of nitrogens with zero attached hydrogens (tertiary/aromatic N) is 1. The normalized spacial score (nSPS) is 17.7. The number of hydrogen-bond donors (Lipinski definition) is 1. The molecule has 6 heteroatoms. The second kappa shape index (κ2) is 4.93. The van der Waals surface area contributed by atoms with Gasteiger partial charge in [-0.1, -0.05) is 12.1 Å². The van der Waals surface area contributed by atoms with Crippen LogP contribution in [0.2, 0.25) is 0 Å². The van der Waals surface area contributed by atoms with E-state index in [9.17, 15) is 14.4 Å². The van der Waals surface area contributed by atoms with Crippen molar-refractivity contribution in [2.75, 3.05) is 14.2 Å². The minimum atomic E-state index is -0.724. The van der Waals surface area contributed by atoms with Crippen molar-refractivity contribution in [3.63, 3.8) is 0 Å². The molecule has 1 aromatic carbocycles. The van der Waals surface area contributed by atoms with Crippen molar-refractivity contribution in [3.05, 3.63) is 35.4 Å². The summed E-state index contributed by atoms with van der Waals surface area (Å²) >= 11 is 0. The third kappa shape index (κ3) is 2.47. The van der Waals surface area contributed by atoms with Crippen LogP contribution in [0.3, 0.4) is 0 Å². The molecule has 98 valence electrons. The van der Waals surface area contributed by atoms with E-state index in [1.54, 1.807) is 24.3 Å². The van der Waals surface area contributed by atoms with E-state index >= 15 is 0 Å². The number of ether oxygens (including phenoxy) is 1. The first-order valence-electron chi connectivity index (χ1n) is 5.52. The fourth-order valence-electron chi connectivity index (χ4n) is 1.64. The Morgan fingerprint density at radius 2 is 2.00 bits per heavy atom. The van der Waals surface area contributed by atoms with Crippen LogP contribution in [-0.2, 0) is 9.59 Å². The molecule has 19 heavy (non-hydrogen) atoms. The third-order valence-electron chi connectivity index (χ3n) is 2.71. The van der Waals surface area contributed by atoms with Crippen LogP contribution in [0.15, 0.2) is 29.8 Å². The summed E-state index contributed by atoms with van der Waals surface area (Å²) in [4.78, 5) is 35.6. The molecule has 0 radical (unpaired) electrons. The quantitative estimate of drug-likeness (QED) is 0.630. The number of imide groups is 2. The molecule has 0 saturated carbocycles. The minimum Gasteiger partial charge on any atom is -0.497 e. The molecule has 1 N–H and O–H groups in total. The molecule has 0 bridgehead atoms. The molecule has 0 spiro atoms. The number of rotatable bonds is 2. The standard InChI is InChI=1S/C13H12N2O4/c1-15-12(17)10(11(16)14-13(15)18)7-8-4-3-5-9(6-8)19-2/h3-7H,1-2H3,(H,14,16,18). The summed E-state index contributed by atoms with van der Waals surface area (Å²) < 4.78 is 5.06. The van der Waals surface area contributed by atoms with E-state index in [0.29, 0.717) is 11.3 Å². The zero-order chi connectivity index (χ0) is 14.0. The summed E-state index contributed by atoms with van der Waals surface area (Å²) in [7, 11) is 2.83. The number of benzene rings is 1. The fourth-order valence-corrected chi connectivity index (χ4v) is 1.64. The van der Waals surface area contributed by atoms with Crippen LogP contribution < -0.4 is 10.1 Å². The summed E-state index contributed by atoms with van der Waals surface area (Å²) in [6.45, 7) is 0. The van der Waals surface area contributed by atoms with Gasteiger partial charge in [0.2, 0.25) is 0 Å². The molecule has 1 heterocycles. The molecule has 1 aliphatic rings. The van der Waals surface area contributed by atoms with E-state index in [-0.39, 0.29) is 5.57 Å². The lowest BCUT2D eigenvalue weighted by molar-refractivity contribution is -0.129. The Hall–Kier alpha value is -2.63. The summed E-state index contributed by atoms with van der Waals surface area (Å²) in [5, 5.41) is 2.09. The first-order chi connectivity index (χ1) is 9.02. The van der Waals surface area contributed by atoms with Gasteiger partial charge in [0.25, 0.3) is 11.8 Å². The number of carbonyl (C=O) groups excluding carboxylic acids is 3. The zero-order valence-corrected chi connectivity index (χ0v) is 10.5. The molecular weight excluding hydrogens is 248 g/mol. The Kier molecular flexibility index (Phi) is 3.33. The lowest BCUT2D eigenvalue weighted by Crippen LogP contribution is -2.52. The van der Waals surface area contributed by atoms with Crippen molar-refractivity contribution in [2.45, 2.75) is 0 Å². The van der Waals surface area contributed by atoms with Gasteiger partial charge >= 0.3 is 6.03 Å². The first-order valence-corrected chi connectivity index (χ1v) is 5.52. The summed E-state index contributed by atoms with van der Waals surface area (Å²) in [6.07, 6.45) is 1.42. The van der Waals surface area contributed by atoms with Gasteiger partial charge in [0.15, 0.2) is 0 Å². The molecule has 0 atom stereocenters. The maximum absolute atomic E-state index is 11.8. The molecule has 1 fully saturated rings. The van der Waals surface area contributed by atoms with Crippen LogP contribution >= 0.6 is 0 Å². The van der Waals surface area contributed by atoms with E-state index in [0.717, 1.165) is 4.90 Å². The van der Waals surface area contributed by atoms with Crippen molar-refractivity contribution < 1.29 is 19.1 Å². The predicted octanol–water partition coefficient (Wildman–Crippen LogP) is 0.787. The molecule has 6 nitrogen and oxygen atoms in total. The maximum Gasteiger partial charge on any atom is 0.331 e. The average Bonchev–Trinajstić information content (AvgIpc) is 2.41. The topological polar surface area (TPSA) is 75.7 Å². The smallest absolute Gasteiger partial charge is 0.331 e. The minimum absolute atomic E-state index is 0.0876. The molecule has 1 saturated heterocycles. The molecule has 1 aromatic rings. The van der Waals surface area contributed by atoms with Crippen molar-refractivity contribution in [1.82, 2.24) is 10.2 Å². The second-order valence-corrected chi connectivity index (χ2v) is 3.96. The summed E-state index contributed by atoms with van der Waals surface area (Å²) in [5.74, 6) is -0.713. The van der Waals surface area contributed by atoms with Crippen molar-refractivity contribution in [1.29, 1.82) is 0 Å². The van der Waals surface area contributed by atoms with Gasteiger partial charge in [0.05, 0.1) is 7.11 Å². The number of methoxy groups -OCH3 is 1. The van der Waals surface area contributed by atoms with E-state index in [1.165, 1.54) is 20.2 Å². The molecule has 1 aliphatic heterocycles. The maximum atomic E-state index is 11.8. The van der Waals surface area contributed by atoms with Crippen LogP contribution in [0.1, 0.15) is 5.56 Å². The summed E-state index contributed by atoms with van der Waals surface area (Å²) in [6, 6.07) is 6.18. The van der Waals surface area contributed by atoms with E-state index in [4.69, 9.17) is 4.74 Å². The average molecular weight is 260 g/mol. The molecular formula is C13H12N2O4. The Morgan fingerprint density at radius 1 is 1.26 bits per heavy atom. The lowest BCUT2D eigenvalue weighted by Gasteiger charge is -2.22. The highest BCUT2D eigenvalue weighted by Gasteiger charge is 2.32. The van der Waals surface area contributed by atoms with Crippen molar-refractivity contribution >= 4 is 23.9 Å². The van der Waals surface area contributed by atoms with E-state index in [2.05, 4.69) is 5.32 Å². The van der Waals surface area contributed by atoms with E-state index < -0.39 is 17.8 Å². The second-order valence-electron chi connectivity index (χ2n) is 3.96. The number of nitrogens with one attached hydrogen (secondary N) is 1. The Morgan fingerprint density at radius 3 is 2.68 bits per heavy atom.